The van der Waals surface area contributed by atoms with Crippen LogP contribution in [0, 0.1) is 0 Å². The molecule has 5 nitrogen and oxygen atoms in total. The largest absolute Gasteiger partial charge is 0.497 e. The van der Waals surface area contributed by atoms with Crippen LogP contribution >= 0.6 is 12.6 Å². The fourth-order valence-corrected chi connectivity index (χ4v) is 2.80. The molecule has 0 spiro atoms. The zero-order chi connectivity index (χ0) is 14.9. The van der Waals surface area contributed by atoms with Crippen molar-refractivity contribution in [3.8, 4) is 5.75 Å². The van der Waals surface area contributed by atoms with Gasteiger partial charge in [0.05, 0.1) is 13.2 Å². The number of aliphatic hydroxyl groups is 3. The minimum atomic E-state index is -1.65. The van der Waals surface area contributed by atoms with Gasteiger partial charge in [0, 0.05) is 6.42 Å². The molecule has 1 fully saturated rings. The molecule has 0 unspecified atom stereocenters. The molecule has 1 aliphatic rings. The van der Waals surface area contributed by atoms with Gasteiger partial charge in [-0.2, -0.15) is 0 Å². The normalized spacial score (nSPS) is 37.7. The lowest BCUT2D eigenvalue weighted by atomic mass is 9.83. The van der Waals surface area contributed by atoms with Crippen molar-refractivity contribution in [1.82, 2.24) is 0 Å². The second kappa shape index (κ2) is 5.91. The minimum absolute atomic E-state index is 0.121. The third-order valence-corrected chi connectivity index (χ3v) is 4.30. The molecule has 1 aromatic rings. The van der Waals surface area contributed by atoms with Crippen molar-refractivity contribution in [1.29, 1.82) is 0 Å². The van der Waals surface area contributed by atoms with Crippen LogP contribution in [0.3, 0.4) is 0 Å². The third kappa shape index (κ3) is 2.80. The van der Waals surface area contributed by atoms with E-state index in [9.17, 15) is 15.3 Å². The van der Waals surface area contributed by atoms with E-state index in [4.69, 9.17) is 9.47 Å². The van der Waals surface area contributed by atoms with Gasteiger partial charge in [-0.3, -0.25) is 0 Å². The van der Waals surface area contributed by atoms with Crippen LogP contribution in [0.1, 0.15) is 12.5 Å². The highest BCUT2D eigenvalue weighted by Crippen LogP contribution is 2.34. The first kappa shape index (κ1) is 15.6. The average molecular weight is 300 g/mol. The highest BCUT2D eigenvalue weighted by Gasteiger charge is 2.52. The number of benzene rings is 1. The molecule has 0 saturated carbocycles. The standard InChI is InChI=1S/C14H20O5S/c1-8-11(15)12(16)14(17,13(20)19-8)7-9-3-5-10(18-2)6-4-9/h3-6,8,11-13,15-17,20H,7H2,1-2H3/t8-,11+,12+,13+,14-/m1/s1. The molecular formula is C14H20O5S. The Morgan fingerprint density at radius 3 is 2.45 bits per heavy atom. The quantitative estimate of drug-likeness (QED) is 0.607. The Labute approximate surface area is 123 Å². The van der Waals surface area contributed by atoms with E-state index in [-0.39, 0.29) is 6.42 Å². The molecule has 2 rings (SSSR count). The molecule has 112 valence electrons. The summed E-state index contributed by atoms with van der Waals surface area (Å²) in [7, 11) is 1.57. The van der Waals surface area contributed by atoms with Crippen molar-refractivity contribution >= 4 is 12.6 Å². The second-order valence-electron chi connectivity index (χ2n) is 5.15. The fourth-order valence-electron chi connectivity index (χ4n) is 2.36. The molecule has 6 heteroatoms. The molecule has 0 amide bonds. The Balaban J connectivity index is 2.20. The fraction of sp³-hybridized carbons (Fsp3) is 0.571. The van der Waals surface area contributed by atoms with Gasteiger partial charge >= 0.3 is 0 Å². The van der Waals surface area contributed by atoms with Gasteiger partial charge in [-0.05, 0) is 24.6 Å². The number of hydrogen-bond donors (Lipinski definition) is 4. The van der Waals surface area contributed by atoms with Crippen LogP contribution in [0.5, 0.6) is 5.75 Å². The molecule has 1 aliphatic heterocycles. The predicted octanol–water partition coefficient (Wildman–Crippen LogP) is 0.365. The Morgan fingerprint density at radius 1 is 1.30 bits per heavy atom. The van der Waals surface area contributed by atoms with Gasteiger partial charge in [0.25, 0.3) is 0 Å². The van der Waals surface area contributed by atoms with Crippen LogP contribution in [-0.4, -0.2) is 51.8 Å². The molecule has 0 aliphatic carbocycles. The van der Waals surface area contributed by atoms with Gasteiger partial charge < -0.3 is 24.8 Å². The molecule has 3 N–H and O–H groups in total. The van der Waals surface area contributed by atoms with Gasteiger partial charge in [-0.1, -0.05) is 12.1 Å². The first-order chi connectivity index (χ1) is 9.38. The number of rotatable bonds is 3. The van der Waals surface area contributed by atoms with Crippen LogP contribution < -0.4 is 4.74 Å². The van der Waals surface area contributed by atoms with Crippen molar-refractivity contribution < 1.29 is 24.8 Å². The SMILES string of the molecule is COc1ccc(C[C@]2(O)[C@H](S)O[C@H](C)[C@H](O)[C@@H]2O)cc1. The monoisotopic (exact) mass is 300 g/mol. The summed E-state index contributed by atoms with van der Waals surface area (Å²) in [5.74, 6) is 0.706. The number of methoxy groups -OCH3 is 1. The highest BCUT2D eigenvalue weighted by molar-refractivity contribution is 7.80. The molecule has 0 aromatic heterocycles. The Morgan fingerprint density at radius 2 is 1.90 bits per heavy atom. The summed E-state index contributed by atoms with van der Waals surface area (Å²) in [4.78, 5) is 0. The molecule has 1 heterocycles. The van der Waals surface area contributed by atoms with E-state index in [1.165, 1.54) is 0 Å². The van der Waals surface area contributed by atoms with Crippen molar-refractivity contribution in [3.63, 3.8) is 0 Å². The number of hydrogen-bond acceptors (Lipinski definition) is 6. The summed E-state index contributed by atoms with van der Waals surface area (Å²) in [6, 6.07) is 7.10. The summed E-state index contributed by atoms with van der Waals surface area (Å²) < 4.78 is 10.4. The van der Waals surface area contributed by atoms with Crippen molar-refractivity contribution in [3.05, 3.63) is 29.8 Å². The molecule has 0 radical (unpaired) electrons. The van der Waals surface area contributed by atoms with Crippen molar-refractivity contribution in [2.45, 2.75) is 42.7 Å². The summed E-state index contributed by atoms with van der Waals surface area (Å²) in [6.45, 7) is 1.63. The lowest BCUT2D eigenvalue weighted by molar-refractivity contribution is -0.240. The topological polar surface area (TPSA) is 79.2 Å². The van der Waals surface area contributed by atoms with E-state index in [2.05, 4.69) is 12.6 Å². The van der Waals surface area contributed by atoms with Gasteiger partial charge in [-0.15, -0.1) is 12.6 Å². The van der Waals surface area contributed by atoms with Crippen LogP contribution in [-0.2, 0) is 11.2 Å². The summed E-state index contributed by atoms with van der Waals surface area (Å²) >= 11 is 4.20. The lowest BCUT2D eigenvalue weighted by Crippen LogP contribution is -2.64. The third-order valence-electron chi connectivity index (χ3n) is 3.73. The Kier molecular flexibility index (Phi) is 4.61. The van der Waals surface area contributed by atoms with Gasteiger partial charge in [0.2, 0.25) is 0 Å². The number of thiol groups is 1. The number of aliphatic hydroxyl groups excluding tert-OH is 2. The molecule has 20 heavy (non-hydrogen) atoms. The molecule has 0 bridgehead atoms. The van der Waals surface area contributed by atoms with Crippen LogP contribution in [0.2, 0.25) is 0 Å². The van der Waals surface area contributed by atoms with Gasteiger partial charge in [0.15, 0.2) is 0 Å². The van der Waals surface area contributed by atoms with Crippen LogP contribution in [0.4, 0.5) is 0 Å². The zero-order valence-corrected chi connectivity index (χ0v) is 12.3. The first-order valence-electron chi connectivity index (χ1n) is 6.43. The van der Waals surface area contributed by atoms with E-state index < -0.39 is 29.3 Å². The van der Waals surface area contributed by atoms with E-state index in [0.29, 0.717) is 5.75 Å². The zero-order valence-electron chi connectivity index (χ0n) is 11.4. The molecule has 1 saturated heterocycles. The average Bonchev–Trinajstić information content (AvgIpc) is 2.44. The van der Waals surface area contributed by atoms with E-state index in [1.807, 2.05) is 0 Å². The summed E-state index contributed by atoms with van der Waals surface area (Å²) in [6.07, 6.45) is -2.93. The second-order valence-corrected chi connectivity index (χ2v) is 5.61. The highest BCUT2D eigenvalue weighted by atomic mass is 32.1. The maximum Gasteiger partial charge on any atom is 0.132 e. The van der Waals surface area contributed by atoms with Gasteiger partial charge in [0.1, 0.15) is 29.0 Å². The summed E-state index contributed by atoms with van der Waals surface area (Å²) in [5.41, 5.74) is -1.74. The first-order valence-corrected chi connectivity index (χ1v) is 6.95. The molecular weight excluding hydrogens is 280 g/mol. The van der Waals surface area contributed by atoms with Crippen LogP contribution in [0.15, 0.2) is 24.3 Å². The van der Waals surface area contributed by atoms with E-state index in [0.717, 1.165) is 5.56 Å². The molecule has 1 aromatic carbocycles. The number of ether oxygens (including phenoxy) is 2. The smallest absolute Gasteiger partial charge is 0.132 e. The summed E-state index contributed by atoms with van der Waals surface area (Å²) in [5, 5.41) is 30.7. The van der Waals surface area contributed by atoms with Gasteiger partial charge in [-0.25, -0.2) is 0 Å². The van der Waals surface area contributed by atoms with Crippen molar-refractivity contribution in [2.75, 3.05) is 7.11 Å². The van der Waals surface area contributed by atoms with Crippen molar-refractivity contribution in [2.24, 2.45) is 0 Å². The van der Waals surface area contributed by atoms with E-state index in [1.54, 1.807) is 38.3 Å². The van der Waals surface area contributed by atoms with Crippen LogP contribution in [0.25, 0.3) is 0 Å². The maximum absolute atomic E-state index is 10.6. The lowest BCUT2D eigenvalue weighted by Gasteiger charge is -2.46. The Bertz CT molecular complexity index is 451. The van der Waals surface area contributed by atoms with E-state index >= 15 is 0 Å². The minimum Gasteiger partial charge on any atom is -0.497 e. The Hall–Kier alpha value is -0.790. The predicted molar refractivity (Wildman–Crippen MR) is 77.0 cm³/mol. The maximum atomic E-state index is 10.6. The molecule has 5 atom stereocenters.